The summed E-state index contributed by atoms with van der Waals surface area (Å²) in [5.41, 5.74) is 1.11. The summed E-state index contributed by atoms with van der Waals surface area (Å²) in [5, 5.41) is 15.6. The Labute approximate surface area is 312 Å². The van der Waals surface area contributed by atoms with Crippen LogP contribution in [-0.2, 0) is 20.7 Å². The third kappa shape index (κ3) is 11.0. The number of hydrogen-bond donors (Lipinski definition) is 1. The lowest BCUT2D eigenvalue weighted by molar-refractivity contribution is -0.276. The standard InChI is InChI=1S/C42H66N4O6/c1-7-9-10-11-12-13-16-22-35(40(49)46-27-25-30(8-2)37(46)38(47)29(3)4)45-41(50)52-42(5)26-18-20-31(42)19-15-14-17-21-34-39(48)44-36-28-32(51-6)23-24-33(36)43-34/h23-24,28-31,35,37H,7-22,25-27H2,1-6H3,(H,44,48)(H,45,50)/p-1/t30-,31-,35?,37+,42?/m1/s1. The molecule has 5 atom stereocenters. The first-order chi connectivity index (χ1) is 25.0. The van der Waals surface area contributed by atoms with Gasteiger partial charge in [0.2, 0.25) is 5.91 Å². The van der Waals surface area contributed by atoms with Gasteiger partial charge in [0.05, 0.1) is 29.9 Å². The number of ketones is 1. The lowest BCUT2D eigenvalue weighted by Gasteiger charge is -2.34. The van der Waals surface area contributed by atoms with E-state index in [-0.39, 0.29) is 35.3 Å². The van der Waals surface area contributed by atoms with Gasteiger partial charge in [-0.15, -0.1) is 0 Å². The Kier molecular flexibility index (Phi) is 16.0. The number of nitrogens with one attached hydrogen (secondary N) is 1. The van der Waals surface area contributed by atoms with Crippen molar-refractivity contribution in [2.75, 3.05) is 13.7 Å². The number of aromatic nitrogens is 2. The van der Waals surface area contributed by atoms with E-state index in [4.69, 9.17) is 9.47 Å². The highest BCUT2D eigenvalue weighted by Crippen LogP contribution is 2.42. The van der Waals surface area contributed by atoms with E-state index in [1.54, 1.807) is 18.1 Å². The van der Waals surface area contributed by atoms with Gasteiger partial charge in [0.25, 0.3) is 0 Å². The largest absolute Gasteiger partial charge is 0.857 e. The van der Waals surface area contributed by atoms with E-state index in [1.807, 2.05) is 32.9 Å². The first-order valence-corrected chi connectivity index (χ1v) is 20.4. The quantitative estimate of drug-likeness (QED) is 0.127. The molecule has 1 aliphatic carbocycles. The molecule has 2 heterocycles. The number of aryl methyl sites for hydroxylation is 1. The van der Waals surface area contributed by atoms with E-state index in [0.717, 1.165) is 77.0 Å². The molecule has 1 saturated carbocycles. The van der Waals surface area contributed by atoms with Gasteiger partial charge in [-0.1, -0.05) is 91.9 Å². The number of amides is 2. The lowest BCUT2D eigenvalue weighted by atomic mass is 9.87. The smallest absolute Gasteiger partial charge is 0.408 e. The molecule has 10 heteroatoms. The van der Waals surface area contributed by atoms with Crippen LogP contribution in [0, 0.1) is 17.8 Å². The minimum absolute atomic E-state index is 0.107. The molecule has 4 rings (SSSR count). The number of nitrogens with zero attached hydrogens (tertiary/aromatic N) is 3. The molecule has 2 unspecified atom stereocenters. The molecule has 0 radical (unpaired) electrons. The normalized spacial score (nSPS) is 22.2. The lowest BCUT2D eigenvalue weighted by Crippen LogP contribution is -2.54. The van der Waals surface area contributed by atoms with Crippen molar-refractivity contribution in [3.05, 3.63) is 23.9 Å². The molecule has 2 fully saturated rings. The van der Waals surface area contributed by atoms with Gasteiger partial charge in [0.15, 0.2) is 5.78 Å². The molecule has 1 aromatic carbocycles. The van der Waals surface area contributed by atoms with Gasteiger partial charge in [-0.3, -0.25) is 19.6 Å². The molecule has 10 nitrogen and oxygen atoms in total. The number of Topliss-reactive ketones (excluding diaryl/α,β-unsaturated/α-hetero) is 1. The average Bonchev–Trinajstić information content (AvgIpc) is 3.72. The van der Waals surface area contributed by atoms with Gasteiger partial charge in [-0.25, -0.2) is 4.79 Å². The molecule has 290 valence electrons. The third-order valence-electron chi connectivity index (χ3n) is 11.7. The van der Waals surface area contributed by atoms with Crippen LogP contribution in [0.5, 0.6) is 11.6 Å². The van der Waals surface area contributed by atoms with Crippen LogP contribution in [0.1, 0.15) is 149 Å². The van der Waals surface area contributed by atoms with Crippen molar-refractivity contribution < 1.29 is 29.0 Å². The van der Waals surface area contributed by atoms with Gasteiger partial charge < -0.3 is 24.8 Å². The van der Waals surface area contributed by atoms with E-state index < -0.39 is 23.8 Å². The number of hydrogen-bond acceptors (Lipinski definition) is 8. The summed E-state index contributed by atoms with van der Waals surface area (Å²) in [6.45, 7) is 10.7. The predicted octanol–water partition coefficient (Wildman–Crippen LogP) is 8.46. The molecular weight excluding hydrogens is 656 g/mol. The molecule has 1 aliphatic heterocycles. The SMILES string of the molecule is CCCCCCCCCC(NC(=O)OC1(C)CCC[C@H]1CCCCCc1nc2ccc(OC)cc2nc1[O-])C(=O)N1CC[C@@H](CC)[C@H]1C(=O)C(C)C. The van der Waals surface area contributed by atoms with Crippen molar-refractivity contribution in [1.29, 1.82) is 0 Å². The van der Waals surface area contributed by atoms with Gasteiger partial charge >= 0.3 is 6.09 Å². The molecule has 1 aromatic heterocycles. The molecule has 2 amide bonds. The fraction of sp³-hybridized carbons (Fsp3) is 0.738. The number of unbranched alkanes of at least 4 members (excludes halogenated alkanes) is 8. The zero-order valence-electron chi connectivity index (χ0n) is 32.8. The van der Waals surface area contributed by atoms with Crippen molar-refractivity contribution in [3.8, 4) is 11.6 Å². The number of fused-ring (bicyclic) bond motifs is 1. The van der Waals surface area contributed by atoms with Crippen LogP contribution in [0.25, 0.3) is 11.0 Å². The van der Waals surface area contributed by atoms with E-state index in [2.05, 4.69) is 29.1 Å². The van der Waals surface area contributed by atoms with Crippen molar-refractivity contribution in [2.45, 2.75) is 168 Å². The molecular formula is C42H65N4O6-. The number of rotatable bonds is 21. The number of alkyl carbamates (subject to hydrolysis) is 1. The third-order valence-corrected chi connectivity index (χ3v) is 11.7. The van der Waals surface area contributed by atoms with Crippen LogP contribution in [-0.4, -0.2) is 64.0 Å². The van der Waals surface area contributed by atoms with Crippen molar-refractivity contribution in [3.63, 3.8) is 0 Å². The van der Waals surface area contributed by atoms with Crippen LogP contribution in [0.15, 0.2) is 18.2 Å². The molecule has 1 N–H and O–H groups in total. The fourth-order valence-corrected chi connectivity index (χ4v) is 8.40. The summed E-state index contributed by atoms with van der Waals surface area (Å²) in [4.78, 5) is 51.6. The van der Waals surface area contributed by atoms with Crippen LogP contribution < -0.4 is 15.2 Å². The monoisotopic (exact) mass is 721 g/mol. The number of carbonyl (C=O) groups is 3. The number of likely N-dealkylation sites (tertiary alicyclic amines) is 1. The molecule has 1 saturated heterocycles. The fourth-order valence-electron chi connectivity index (χ4n) is 8.40. The Balaban J connectivity index is 1.32. The zero-order chi connectivity index (χ0) is 37.7. The van der Waals surface area contributed by atoms with Crippen LogP contribution in [0.4, 0.5) is 4.79 Å². The maximum atomic E-state index is 14.2. The molecule has 0 bridgehead atoms. The highest BCUT2D eigenvalue weighted by molar-refractivity contribution is 5.93. The van der Waals surface area contributed by atoms with E-state index in [9.17, 15) is 19.5 Å². The van der Waals surface area contributed by atoms with Crippen molar-refractivity contribution >= 4 is 28.8 Å². The number of methoxy groups -OCH3 is 1. The van der Waals surface area contributed by atoms with Crippen LogP contribution in [0.2, 0.25) is 0 Å². The number of benzene rings is 1. The number of carbonyl (C=O) groups excluding carboxylic acids is 3. The maximum absolute atomic E-state index is 14.2. The predicted molar refractivity (Wildman–Crippen MR) is 203 cm³/mol. The second-order valence-electron chi connectivity index (χ2n) is 15.8. The maximum Gasteiger partial charge on any atom is 0.408 e. The summed E-state index contributed by atoms with van der Waals surface area (Å²) in [6.07, 6.45) is 16.4. The Bertz CT molecular complexity index is 1470. The molecule has 2 aliphatic rings. The summed E-state index contributed by atoms with van der Waals surface area (Å²) in [6, 6.07) is 4.23. The zero-order valence-corrected chi connectivity index (χ0v) is 32.8. The minimum atomic E-state index is -0.712. The Morgan fingerprint density at radius 1 is 0.981 bits per heavy atom. The van der Waals surface area contributed by atoms with E-state index in [1.165, 1.54) is 25.7 Å². The first-order valence-electron chi connectivity index (χ1n) is 20.4. The van der Waals surface area contributed by atoms with Crippen LogP contribution >= 0.6 is 0 Å². The van der Waals surface area contributed by atoms with Gasteiger partial charge in [-0.2, -0.15) is 0 Å². The second kappa shape index (κ2) is 20.1. The van der Waals surface area contributed by atoms with Gasteiger partial charge in [0.1, 0.15) is 17.4 Å². The van der Waals surface area contributed by atoms with Crippen LogP contribution in [0.3, 0.4) is 0 Å². The summed E-state index contributed by atoms with van der Waals surface area (Å²) >= 11 is 0. The topological polar surface area (TPSA) is 134 Å². The van der Waals surface area contributed by atoms with E-state index in [0.29, 0.717) is 41.9 Å². The summed E-state index contributed by atoms with van der Waals surface area (Å²) in [7, 11) is 1.58. The molecule has 0 spiro atoms. The summed E-state index contributed by atoms with van der Waals surface area (Å²) in [5.74, 6) is 0.524. The Morgan fingerprint density at radius 2 is 1.71 bits per heavy atom. The highest BCUT2D eigenvalue weighted by atomic mass is 16.6. The highest BCUT2D eigenvalue weighted by Gasteiger charge is 2.45. The van der Waals surface area contributed by atoms with Crippen molar-refractivity contribution in [2.24, 2.45) is 17.8 Å². The average molecular weight is 722 g/mol. The molecule has 2 aromatic rings. The second-order valence-corrected chi connectivity index (χ2v) is 15.8. The van der Waals surface area contributed by atoms with Gasteiger partial charge in [-0.05, 0) is 82.3 Å². The van der Waals surface area contributed by atoms with E-state index >= 15 is 0 Å². The number of ether oxygens (including phenoxy) is 2. The van der Waals surface area contributed by atoms with Gasteiger partial charge in [0, 0.05) is 24.4 Å². The molecule has 52 heavy (non-hydrogen) atoms. The van der Waals surface area contributed by atoms with Crippen molar-refractivity contribution in [1.82, 2.24) is 20.2 Å². The first kappa shape index (κ1) is 41.3. The summed E-state index contributed by atoms with van der Waals surface area (Å²) < 4.78 is 11.5. The Morgan fingerprint density at radius 3 is 2.42 bits per heavy atom. The Hall–Kier alpha value is -3.43. The minimum Gasteiger partial charge on any atom is -0.857 e.